The molecule has 112 valence electrons. The molecule has 2 rings (SSSR count). The molecule has 0 spiro atoms. The normalized spacial score (nSPS) is 11.3. The first kappa shape index (κ1) is 15.1. The Morgan fingerprint density at radius 2 is 1.76 bits per heavy atom. The summed E-state index contributed by atoms with van der Waals surface area (Å²) in [7, 11) is 1.72. The van der Waals surface area contributed by atoms with Crippen molar-refractivity contribution in [3.05, 3.63) is 47.2 Å². The van der Waals surface area contributed by atoms with Gasteiger partial charge >= 0.3 is 6.18 Å². The fraction of sp³-hybridized carbons (Fsp3) is 0.286. The maximum atomic E-state index is 12.5. The number of anilines is 2. The second kappa shape index (κ2) is 5.99. The number of nitrogens with one attached hydrogen (secondary N) is 2. The molecular formula is C14H15F3N4. The lowest BCUT2D eigenvalue weighted by molar-refractivity contribution is -0.137. The monoisotopic (exact) mass is 296 g/mol. The zero-order chi connectivity index (χ0) is 15.5. The van der Waals surface area contributed by atoms with Crippen molar-refractivity contribution in [2.75, 3.05) is 17.7 Å². The van der Waals surface area contributed by atoms with Crippen molar-refractivity contribution in [1.29, 1.82) is 0 Å². The van der Waals surface area contributed by atoms with Crippen molar-refractivity contribution in [3.8, 4) is 0 Å². The summed E-state index contributed by atoms with van der Waals surface area (Å²) in [6.07, 6.45) is -4.31. The maximum Gasteiger partial charge on any atom is 0.416 e. The summed E-state index contributed by atoms with van der Waals surface area (Å²) < 4.78 is 37.4. The Labute approximate surface area is 120 Å². The number of benzene rings is 1. The zero-order valence-electron chi connectivity index (χ0n) is 11.6. The smallest absolute Gasteiger partial charge is 0.366 e. The molecule has 0 amide bonds. The topological polar surface area (TPSA) is 49.8 Å². The van der Waals surface area contributed by atoms with Crippen molar-refractivity contribution < 1.29 is 13.2 Å². The summed E-state index contributed by atoms with van der Waals surface area (Å²) in [4.78, 5) is 8.37. The van der Waals surface area contributed by atoms with E-state index >= 15 is 0 Å². The Hall–Kier alpha value is -2.31. The zero-order valence-corrected chi connectivity index (χ0v) is 11.6. The second-order valence-corrected chi connectivity index (χ2v) is 4.52. The van der Waals surface area contributed by atoms with E-state index in [2.05, 4.69) is 20.6 Å². The van der Waals surface area contributed by atoms with Gasteiger partial charge in [-0.15, -0.1) is 0 Å². The number of alkyl halides is 3. The van der Waals surface area contributed by atoms with Crippen LogP contribution in [-0.4, -0.2) is 17.0 Å². The van der Waals surface area contributed by atoms with Crippen LogP contribution in [0.3, 0.4) is 0 Å². The second-order valence-electron chi connectivity index (χ2n) is 4.52. The molecule has 0 aliphatic rings. The molecule has 0 atom stereocenters. The number of halogens is 3. The molecule has 2 aromatic rings. The highest BCUT2D eigenvalue weighted by Crippen LogP contribution is 2.29. The summed E-state index contributed by atoms with van der Waals surface area (Å²) in [5.74, 6) is 1.11. The van der Waals surface area contributed by atoms with E-state index in [1.54, 1.807) is 13.1 Å². The molecule has 0 saturated carbocycles. The van der Waals surface area contributed by atoms with E-state index in [-0.39, 0.29) is 0 Å². The molecule has 0 radical (unpaired) electrons. The first-order chi connectivity index (χ1) is 9.88. The average Bonchev–Trinajstić information content (AvgIpc) is 2.44. The number of nitrogens with zero attached hydrogens (tertiary/aromatic N) is 2. The fourth-order valence-corrected chi connectivity index (χ4v) is 1.78. The molecular weight excluding hydrogens is 281 g/mol. The molecule has 0 unspecified atom stereocenters. The van der Waals surface area contributed by atoms with E-state index in [1.807, 2.05) is 6.92 Å². The van der Waals surface area contributed by atoms with Crippen LogP contribution in [0.5, 0.6) is 0 Å². The van der Waals surface area contributed by atoms with Gasteiger partial charge in [0.1, 0.15) is 5.82 Å². The molecule has 1 aromatic carbocycles. The third kappa shape index (κ3) is 4.08. The van der Waals surface area contributed by atoms with Gasteiger partial charge in [-0.3, -0.25) is 0 Å². The quantitative estimate of drug-likeness (QED) is 0.907. The summed E-state index contributed by atoms with van der Waals surface area (Å²) in [6, 6.07) is 6.80. The Bertz CT molecular complexity index is 609. The van der Waals surface area contributed by atoms with Crippen LogP contribution in [0, 0.1) is 6.92 Å². The molecule has 0 bridgehead atoms. The Kier molecular flexibility index (Phi) is 4.30. The van der Waals surface area contributed by atoms with E-state index in [1.165, 1.54) is 12.1 Å². The van der Waals surface area contributed by atoms with Crippen LogP contribution in [-0.2, 0) is 12.7 Å². The maximum absolute atomic E-state index is 12.5. The number of aromatic nitrogens is 2. The Morgan fingerprint density at radius 1 is 1.10 bits per heavy atom. The average molecular weight is 296 g/mol. The predicted molar refractivity (Wildman–Crippen MR) is 75.1 cm³/mol. The van der Waals surface area contributed by atoms with Crippen molar-refractivity contribution in [3.63, 3.8) is 0 Å². The van der Waals surface area contributed by atoms with Gasteiger partial charge in [-0.2, -0.15) is 18.2 Å². The molecule has 0 aliphatic heterocycles. The van der Waals surface area contributed by atoms with Gasteiger partial charge < -0.3 is 10.6 Å². The van der Waals surface area contributed by atoms with Crippen molar-refractivity contribution in [1.82, 2.24) is 9.97 Å². The highest BCUT2D eigenvalue weighted by Gasteiger charge is 2.29. The van der Waals surface area contributed by atoms with Crippen LogP contribution in [0.4, 0.5) is 24.9 Å². The minimum Gasteiger partial charge on any atom is -0.366 e. The Morgan fingerprint density at radius 3 is 2.33 bits per heavy atom. The summed E-state index contributed by atoms with van der Waals surface area (Å²) in [6.45, 7) is 2.23. The molecule has 4 nitrogen and oxygen atoms in total. The molecule has 1 heterocycles. The number of hydrogen-bond donors (Lipinski definition) is 2. The number of rotatable bonds is 4. The molecule has 7 heteroatoms. The van der Waals surface area contributed by atoms with Gasteiger partial charge in [0.05, 0.1) is 5.56 Å². The molecule has 0 aliphatic carbocycles. The van der Waals surface area contributed by atoms with E-state index in [0.717, 1.165) is 23.4 Å². The molecule has 0 fully saturated rings. The van der Waals surface area contributed by atoms with Gasteiger partial charge in [-0.05, 0) is 24.6 Å². The lowest BCUT2D eigenvalue weighted by Crippen LogP contribution is -2.07. The Balaban J connectivity index is 2.05. The number of hydrogen-bond acceptors (Lipinski definition) is 4. The fourth-order valence-electron chi connectivity index (χ4n) is 1.78. The van der Waals surface area contributed by atoms with Crippen LogP contribution < -0.4 is 10.6 Å². The lowest BCUT2D eigenvalue weighted by Gasteiger charge is -2.10. The van der Waals surface area contributed by atoms with Crippen molar-refractivity contribution in [2.24, 2.45) is 0 Å². The third-order valence-electron chi connectivity index (χ3n) is 2.83. The first-order valence-electron chi connectivity index (χ1n) is 6.32. The molecule has 0 saturated heterocycles. The van der Waals surface area contributed by atoms with Crippen LogP contribution in [0.25, 0.3) is 0 Å². The minimum absolute atomic E-state index is 0.387. The van der Waals surface area contributed by atoms with E-state index in [0.29, 0.717) is 18.3 Å². The number of aryl methyl sites for hydroxylation is 1. The first-order valence-corrected chi connectivity index (χ1v) is 6.32. The van der Waals surface area contributed by atoms with E-state index in [9.17, 15) is 13.2 Å². The van der Waals surface area contributed by atoms with Crippen LogP contribution in [0.1, 0.15) is 16.8 Å². The highest BCUT2D eigenvalue weighted by atomic mass is 19.4. The van der Waals surface area contributed by atoms with Crippen LogP contribution in [0.2, 0.25) is 0 Å². The van der Waals surface area contributed by atoms with Crippen LogP contribution in [0.15, 0.2) is 30.3 Å². The van der Waals surface area contributed by atoms with Gasteiger partial charge in [0.25, 0.3) is 0 Å². The van der Waals surface area contributed by atoms with Gasteiger partial charge in [0.15, 0.2) is 0 Å². The van der Waals surface area contributed by atoms with E-state index < -0.39 is 11.7 Å². The molecule has 2 N–H and O–H groups in total. The third-order valence-corrected chi connectivity index (χ3v) is 2.83. The summed E-state index contributed by atoms with van der Waals surface area (Å²) in [5.41, 5.74) is 0.885. The predicted octanol–water partition coefficient (Wildman–Crippen LogP) is 3.46. The van der Waals surface area contributed by atoms with E-state index in [4.69, 9.17) is 0 Å². The lowest BCUT2D eigenvalue weighted by atomic mass is 10.1. The van der Waals surface area contributed by atoms with Gasteiger partial charge in [0.2, 0.25) is 5.95 Å². The van der Waals surface area contributed by atoms with Crippen LogP contribution >= 0.6 is 0 Å². The van der Waals surface area contributed by atoms with Gasteiger partial charge in [-0.25, -0.2) is 4.98 Å². The summed E-state index contributed by atoms with van der Waals surface area (Å²) >= 11 is 0. The van der Waals surface area contributed by atoms with Gasteiger partial charge in [0, 0.05) is 25.4 Å². The minimum atomic E-state index is -4.31. The molecule has 21 heavy (non-hydrogen) atoms. The standard InChI is InChI=1S/C14H15F3N4/c1-9-7-12(21-13(18-2)20-9)19-8-10-3-5-11(6-4-10)14(15,16)17/h3-7H,8H2,1-2H3,(H2,18,19,20,21). The molecule has 1 aromatic heterocycles. The van der Waals surface area contributed by atoms with Crippen molar-refractivity contribution in [2.45, 2.75) is 19.6 Å². The largest absolute Gasteiger partial charge is 0.416 e. The highest BCUT2D eigenvalue weighted by molar-refractivity contribution is 5.42. The van der Waals surface area contributed by atoms with Gasteiger partial charge in [-0.1, -0.05) is 12.1 Å². The summed E-state index contributed by atoms with van der Waals surface area (Å²) in [5, 5.41) is 5.91. The van der Waals surface area contributed by atoms with Crippen molar-refractivity contribution >= 4 is 11.8 Å². The SMILES string of the molecule is CNc1nc(C)cc(NCc2ccc(C(F)(F)F)cc2)n1.